The Balaban J connectivity index is 1.46. The lowest BCUT2D eigenvalue weighted by Gasteiger charge is -2.34. The van der Waals surface area contributed by atoms with Gasteiger partial charge in [-0.2, -0.15) is 5.10 Å². The zero-order chi connectivity index (χ0) is 21.4. The van der Waals surface area contributed by atoms with Crippen molar-refractivity contribution < 1.29 is 14.1 Å². The van der Waals surface area contributed by atoms with E-state index in [4.69, 9.17) is 9.26 Å². The third-order valence-corrected chi connectivity index (χ3v) is 5.71. The van der Waals surface area contributed by atoms with Crippen molar-refractivity contribution in [2.24, 2.45) is 7.05 Å². The van der Waals surface area contributed by atoms with Crippen LogP contribution in [-0.2, 0) is 13.6 Å². The van der Waals surface area contributed by atoms with Crippen LogP contribution in [0, 0.1) is 0 Å². The molecule has 7 nitrogen and oxygen atoms in total. The third-order valence-electron chi connectivity index (χ3n) is 5.71. The predicted molar refractivity (Wildman–Crippen MR) is 115 cm³/mol. The second-order valence-electron chi connectivity index (χ2n) is 7.66. The summed E-state index contributed by atoms with van der Waals surface area (Å²) in [5.41, 5.74) is 4.49. The fraction of sp³-hybridized carbons (Fsp3) is 0.208. The van der Waals surface area contributed by atoms with Crippen molar-refractivity contribution in [2.75, 3.05) is 13.7 Å². The molecule has 2 aromatic heterocycles. The van der Waals surface area contributed by atoms with Crippen LogP contribution in [-0.4, -0.2) is 39.4 Å². The number of aryl methyl sites for hydroxylation is 1. The van der Waals surface area contributed by atoms with E-state index in [-0.39, 0.29) is 17.5 Å². The van der Waals surface area contributed by atoms with Gasteiger partial charge in [0.15, 0.2) is 11.5 Å². The van der Waals surface area contributed by atoms with E-state index in [1.165, 1.54) is 5.56 Å². The minimum atomic E-state index is -0.159. The molecule has 1 atom stereocenters. The molecule has 0 radical (unpaired) electrons. The summed E-state index contributed by atoms with van der Waals surface area (Å²) >= 11 is 0. The minimum Gasteiger partial charge on any atom is -0.496 e. The number of aromatic nitrogens is 3. The number of methoxy groups -OCH3 is 1. The van der Waals surface area contributed by atoms with E-state index in [9.17, 15) is 4.79 Å². The summed E-state index contributed by atoms with van der Waals surface area (Å²) in [5, 5.41) is 8.38. The average Bonchev–Trinajstić information content (AvgIpc) is 3.47. The zero-order valence-electron chi connectivity index (χ0n) is 17.4. The summed E-state index contributed by atoms with van der Waals surface area (Å²) in [4.78, 5) is 15.2. The second kappa shape index (κ2) is 7.75. The molecule has 1 aliphatic rings. The van der Waals surface area contributed by atoms with Gasteiger partial charge in [-0.05, 0) is 28.8 Å². The molecule has 0 aliphatic carbocycles. The molecule has 0 N–H and O–H groups in total. The average molecular weight is 414 g/mol. The number of hydrogen-bond acceptors (Lipinski definition) is 5. The molecular weight excluding hydrogens is 392 g/mol. The van der Waals surface area contributed by atoms with E-state index in [2.05, 4.69) is 22.4 Å². The number of carbonyl (C=O) groups excluding carboxylic acids is 1. The Kier molecular flexibility index (Phi) is 4.78. The minimum absolute atomic E-state index is 0.0585. The molecule has 4 aromatic rings. The molecule has 2 aromatic carbocycles. The Morgan fingerprint density at radius 2 is 1.97 bits per heavy atom. The van der Waals surface area contributed by atoms with Crippen LogP contribution in [0.1, 0.15) is 33.1 Å². The highest BCUT2D eigenvalue weighted by Gasteiger charge is 2.31. The number of nitrogens with zero attached hydrogens (tertiary/aromatic N) is 4. The number of hydrogen-bond donors (Lipinski definition) is 0. The predicted octanol–water partition coefficient (Wildman–Crippen LogP) is 3.87. The lowest BCUT2D eigenvalue weighted by atomic mass is 9.86. The standard InChI is InChI=1S/C24H22N4O3/c1-27-13-17(12-25-27)20-15-28(14-16-7-3-4-8-18(16)20)24(29)21-11-23(31-26-21)19-9-5-6-10-22(19)30-2/h3-13,20H,14-15H2,1-2H3. The Morgan fingerprint density at radius 1 is 1.16 bits per heavy atom. The normalized spacial score (nSPS) is 15.5. The summed E-state index contributed by atoms with van der Waals surface area (Å²) in [6.07, 6.45) is 3.87. The first-order valence-corrected chi connectivity index (χ1v) is 10.1. The molecule has 0 fully saturated rings. The molecule has 0 saturated heterocycles. The van der Waals surface area contributed by atoms with Gasteiger partial charge in [0.1, 0.15) is 5.75 Å². The molecule has 31 heavy (non-hydrogen) atoms. The molecule has 0 saturated carbocycles. The number of amides is 1. The van der Waals surface area contributed by atoms with E-state index in [1.807, 2.05) is 60.7 Å². The van der Waals surface area contributed by atoms with Crippen LogP contribution in [0.25, 0.3) is 11.3 Å². The molecule has 1 aliphatic heterocycles. The van der Waals surface area contributed by atoms with Gasteiger partial charge in [-0.3, -0.25) is 9.48 Å². The van der Waals surface area contributed by atoms with Gasteiger partial charge in [-0.25, -0.2) is 0 Å². The lowest BCUT2D eigenvalue weighted by Crippen LogP contribution is -2.38. The second-order valence-corrected chi connectivity index (χ2v) is 7.66. The van der Waals surface area contributed by atoms with E-state index in [1.54, 1.807) is 17.9 Å². The summed E-state index contributed by atoms with van der Waals surface area (Å²) in [6.45, 7) is 1.08. The molecule has 0 bridgehead atoms. The van der Waals surface area contributed by atoms with Crippen molar-refractivity contribution in [1.82, 2.24) is 19.8 Å². The van der Waals surface area contributed by atoms with Crippen LogP contribution in [0.4, 0.5) is 0 Å². The summed E-state index contributed by atoms with van der Waals surface area (Å²) in [5.74, 6) is 1.07. The highest BCUT2D eigenvalue weighted by atomic mass is 16.5. The largest absolute Gasteiger partial charge is 0.496 e. The van der Waals surface area contributed by atoms with Crippen molar-refractivity contribution in [3.8, 4) is 17.1 Å². The Labute approximate surface area is 179 Å². The first-order valence-electron chi connectivity index (χ1n) is 10.1. The zero-order valence-corrected chi connectivity index (χ0v) is 17.4. The number of rotatable bonds is 4. The van der Waals surface area contributed by atoms with Crippen LogP contribution in [0.5, 0.6) is 5.75 Å². The maximum atomic E-state index is 13.3. The lowest BCUT2D eigenvalue weighted by molar-refractivity contribution is 0.0714. The Morgan fingerprint density at radius 3 is 2.77 bits per heavy atom. The van der Waals surface area contributed by atoms with E-state index >= 15 is 0 Å². The van der Waals surface area contributed by atoms with Gasteiger partial charge in [0.05, 0.1) is 18.9 Å². The van der Waals surface area contributed by atoms with Crippen LogP contribution >= 0.6 is 0 Å². The van der Waals surface area contributed by atoms with Crippen LogP contribution in [0.3, 0.4) is 0 Å². The molecule has 5 rings (SSSR count). The van der Waals surface area contributed by atoms with Gasteiger partial charge >= 0.3 is 0 Å². The quantitative estimate of drug-likeness (QED) is 0.507. The first kappa shape index (κ1) is 19.1. The van der Waals surface area contributed by atoms with Crippen molar-refractivity contribution in [3.05, 3.63) is 89.4 Å². The Hall–Kier alpha value is -3.87. The summed E-state index contributed by atoms with van der Waals surface area (Å²) < 4.78 is 12.7. The Bertz CT molecular complexity index is 1240. The van der Waals surface area contributed by atoms with Crippen molar-refractivity contribution in [3.63, 3.8) is 0 Å². The van der Waals surface area contributed by atoms with Gasteiger partial charge in [0.25, 0.3) is 5.91 Å². The molecular formula is C24H22N4O3. The van der Waals surface area contributed by atoms with Gasteiger partial charge in [-0.15, -0.1) is 0 Å². The van der Waals surface area contributed by atoms with E-state index in [0.29, 0.717) is 24.6 Å². The number of fused-ring (bicyclic) bond motifs is 1. The van der Waals surface area contributed by atoms with Crippen molar-refractivity contribution in [1.29, 1.82) is 0 Å². The summed E-state index contributed by atoms with van der Waals surface area (Å²) in [7, 11) is 3.50. The van der Waals surface area contributed by atoms with Crippen LogP contribution in [0.15, 0.2) is 71.5 Å². The first-order chi connectivity index (χ1) is 15.1. The molecule has 1 amide bonds. The van der Waals surface area contributed by atoms with Crippen LogP contribution < -0.4 is 4.74 Å². The number of carbonyl (C=O) groups is 1. The number of para-hydroxylation sites is 1. The van der Waals surface area contributed by atoms with Gasteiger partial charge in [0, 0.05) is 38.3 Å². The highest BCUT2D eigenvalue weighted by Crippen LogP contribution is 2.35. The fourth-order valence-corrected chi connectivity index (χ4v) is 4.18. The van der Waals surface area contributed by atoms with Crippen LogP contribution in [0.2, 0.25) is 0 Å². The molecule has 0 spiro atoms. The molecule has 7 heteroatoms. The smallest absolute Gasteiger partial charge is 0.276 e. The monoisotopic (exact) mass is 414 g/mol. The molecule has 3 heterocycles. The van der Waals surface area contributed by atoms with Crippen molar-refractivity contribution >= 4 is 5.91 Å². The third kappa shape index (κ3) is 3.48. The van der Waals surface area contributed by atoms with E-state index < -0.39 is 0 Å². The van der Waals surface area contributed by atoms with Gasteiger partial charge in [-0.1, -0.05) is 41.6 Å². The SMILES string of the molecule is COc1ccccc1-c1cc(C(=O)N2Cc3ccccc3C(c3cnn(C)c3)C2)no1. The number of benzene rings is 2. The fourth-order valence-electron chi connectivity index (χ4n) is 4.18. The summed E-state index contributed by atoms with van der Waals surface area (Å²) in [6, 6.07) is 17.4. The maximum Gasteiger partial charge on any atom is 0.276 e. The van der Waals surface area contributed by atoms with Crippen molar-refractivity contribution in [2.45, 2.75) is 12.5 Å². The number of ether oxygens (including phenoxy) is 1. The molecule has 1 unspecified atom stereocenters. The molecule has 156 valence electrons. The van der Waals surface area contributed by atoms with Gasteiger partial charge in [0.2, 0.25) is 0 Å². The topological polar surface area (TPSA) is 73.4 Å². The maximum absolute atomic E-state index is 13.3. The van der Waals surface area contributed by atoms with E-state index in [0.717, 1.165) is 16.7 Å². The highest BCUT2D eigenvalue weighted by molar-refractivity contribution is 5.93. The van der Waals surface area contributed by atoms with Gasteiger partial charge < -0.3 is 14.2 Å².